The Morgan fingerprint density at radius 2 is 1.71 bits per heavy atom. The number of benzene rings is 1. The van der Waals surface area contributed by atoms with Gasteiger partial charge in [0, 0.05) is 51.2 Å². The van der Waals surface area contributed by atoms with Gasteiger partial charge in [-0.3, -0.25) is 14.7 Å². The fourth-order valence-electron chi connectivity index (χ4n) is 3.23. The molecule has 2 heterocycles. The Morgan fingerprint density at radius 3 is 2.39 bits per heavy atom. The van der Waals surface area contributed by atoms with Crippen LogP contribution in [0.3, 0.4) is 0 Å². The molecule has 28 heavy (non-hydrogen) atoms. The predicted octanol–water partition coefficient (Wildman–Crippen LogP) is 2.57. The molecule has 1 aliphatic rings. The van der Waals surface area contributed by atoms with Gasteiger partial charge in [0.1, 0.15) is 0 Å². The number of anilines is 1. The molecular weight excluding hydrogens is 354 g/mol. The second-order valence-corrected chi connectivity index (χ2v) is 7.22. The molecule has 2 N–H and O–H groups in total. The molecule has 2 aromatic rings. The third-order valence-electron chi connectivity index (χ3n) is 4.64. The molecule has 1 aromatic heterocycles. The number of hydrogen-bond acceptors (Lipinski definition) is 4. The van der Waals surface area contributed by atoms with Crippen LogP contribution in [0.25, 0.3) is 0 Å². The van der Waals surface area contributed by atoms with Crippen LogP contribution in [-0.4, -0.2) is 58.9 Å². The second kappa shape index (κ2) is 9.32. The summed E-state index contributed by atoms with van der Waals surface area (Å²) in [4.78, 5) is 33.3. The monoisotopic (exact) mass is 381 g/mol. The second-order valence-electron chi connectivity index (χ2n) is 7.22. The van der Waals surface area contributed by atoms with Crippen LogP contribution in [0, 0.1) is 0 Å². The Kier molecular flexibility index (Phi) is 6.60. The lowest BCUT2D eigenvalue weighted by Crippen LogP contribution is -2.48. The summed E-state index contributed by atoms with van der Waals surface area (Å²) in [5, 5.41) is 5.57. The van der Waals surface area contributed by atoms with Gasteiger partial charge in [0.25, 0.3) is 5.91 Å². The number of hydrogen-bond donors (Lipinski definition) is 2. The van der Waals surface area contributed by atoms with Crippen molar-refractivity contribution < 1.29 is 9.59 Å². The minimum absolute atomic E-state index is 0.0244. The van der Waals surface area contributed by atoms with E-state index < -0.39 is 0 Å². The SMILES string of the molecule is CC(C)NC(=O)Nc1ccccc1C(=O)N1CCN(Cc2ccncc2)CC1. The number of para-hydroxylation sites is 1. The smallest absolute Gasteiger partial charge is 0.319 e. The molecule has 1 fully saturated rings. The van der Waals surface area contributed by atoms with E-state index in [0.29, 0.717) is 24.3 Å². The molecule has 0 unspecified atom stereocenters. The summed E-state index contributed by atoms with van der Waals surface area (Å²) in [7, 11) is 0. The van der Waals surface area contributed by atoms with E-state index in [0.717, 1.165) is 19.6 Å². The van der Waals surface area contributed by atoms with E-state index >= 15 is 0 Å². The van der Waals surface area contributed by atoms with E-state index in [2.05, 4.69) is 20.5 Å². The molecule has 0 atom stereocenters. The van der Waals surface area contributed by atoms with E-state index in [1.165, 1.54) is 5.56 Å². The van der Waals surface area contributed by atoms with Crippen molar-refractivity contribution in [2.75, 3.05) is 31.5 Å². The maximum atomic E-state index is 13.0. The van der Waals surface area contributed by atoms with E-state index in [4.69, 9.17) is 0 Å². The van der Waals surface area contributed by atoms with Gasteiger partial charge >= 0.3 is 6.03 Å². The molecule has 1 aliphatic heterocycles. The van der Waals surface area contributed by atoms with Crippen molar-refractivity contribution in [3.05, 3.63) is 59.9 Å². The lowest BCUT2D eigenvalue weighted by atomic mass is 10.1. The van der Waals surface area contributed by atoms with Crippen LogP contribution in [-0.2, 0) is 6.54 Å². The summed E-state index contributed by atoms with van der Waals surface area (Å²) < 4.78 is 0. The van der Waals surface area contributed by atoms with Crippen molar-refractivity contribution in [1.82, 2.24) is 20.1 Å². The van der Waals surface area contributed by atoms with Crippen LogP contribution in [0.1, 0.15) is 29.8 Å². The predicted molar refractivity (Wildman–Crippen MR) is 109 cm³/mol. The van der Waals surface area contributed by atoms with Crippen molar-refractivity contribution >= 4 is 17.6 Å². The zero-order chi connectivity index (χ0) is 19.9. The van der Waals surface area contributed by atoms with Crippen LogP contribution in [0.2, 0.25) is 0 Å². The number of rotatable bonds is 5. The minimum atomic E-state index is -0.308. The summed E-state index contributed by atoms with van der Waals surface area (Å²) >= 11 is 0. The Balaban J connectivity index is 1.60. The number of nitrogens with zero attached hydrogens (tertiary/aromatic N) is 3. The van der Waals surface area contributed by atoms with E-state index in [-0.39, 0.29) is 18.0 Å². The van der Waals surface area contributed by atoms with Crippen molar-refractivity contribution in [2.45, 2.75) is 26.4 Å². The number of carbonyl (C=O) groups excluding carboxylic acids is 2. The zero-order valence-electron chi connectivity index (χ0n) is 16.4. The topological polar surface area (TPSA) is 77.6 Å². The molecule has 3 amide bonds. The number of amides is 3. The van der Waals surface area contributed by atoms with E-state index in [1.807, 2.05) is 43.0 Å². The number of pyridine rings is 1. The summed E-state index contributed by atoms with van der Waals surface area (Å²) in [6, 6.07) is 10.9. The molecule has 0 aliphatic carbocycles. The molecule has 7 heteroatoms. The molecule has 3 rings (SSSR count). The first-order valence-corrected chi connectivity index (χ1v) is 9.60. The van der Waals surface area contributed by atoms with Crippen molar-refractivity contribution in [3.8, 4) is 0 Å². The van der Waals surface area contributed by atoms with Gasteiger partial charge < -0.3 is 15.5 Å². The Morgan fingerprint density at radius 1 is 1.04 bits per heavy atom. The van der Waals surface area contributed by atoms with Crippen LogP contribution in [0.4, 0.5) is 10.5 Å². The standard InChI is InChI=1S/C21H27N5O2/c1-16(2)23-21(28)24-19-6-4-3-5-18(19)20(27)26-13-11-25(12-14-26)15-17-7-9-22-10-8-17/h3-10,16H,11-15H2,1-2H3,(H2,23,24,28). The highest BCUT2D eigenvalue weighted by atomic mass is 16.2. The van der Waals surface area contributed by atoms with E-state index in [1.54, 1.807) is 24.5 Å². The van der Waals surface area contributed by atoms with Crippen molar-refractivity contribution in [2.24, 2.45) is 0 Å². The van der Waals surface area contributed by atoms with Crippen LogP contribution in [0.15, 0.2) is 48.8 Å². The van der Waals surface area contributed by atoms with Gasteiger partial charge in [-0.05, 0) is 43.7 Å². The Hall–Kier alpha value is -2.93. The molecule has 7 nitrogen and oxygen atoms in total. The number of aromatic nitrogens is 1. The summed E-state index contributed by atoms with van der Waals surface area (Å²) in [5.41, 5.74) is 2.27. The normalized spacial score (nSPS) is 14.8. The quantitative estimate of drug-likeness (QED) is 0.835. The minimum Gasteiger partial charge on any atom is -0.336 e. The molecule has 0 saturated carbocycles. The molecule has 0 spiro atoms. The molecule has 1 aromatic carbocycles. The summed E-state index contributed by atoms with van der Waals surface area (Å²) in [5.74, 6) is -0.0518. The van der Waals surface area contributed by atoms with Gasteiger partial charge in [-0.25, -0.2) is 4.79 Å². The average molecular weight is 381 g/mol. The number of nitrogens with one attached hydrogen (secondary N) is 2. The Labute approximate surface area is 165 Å². The van der Waals surface area contributed by atoms with Crippen molar-refractivity contribution in [3.63, 3.8) is 0 Å². The zero-order valence-corrected chi connectivity index (χ0v) is 16.4. The van der Waals surface area contributed by atoms with Gasteiger partial charge in [-0.15, -0.1) is 0 Å². The highest BCUT2D eigenvalue weighted by Gasteiger charge is 2.24. The van der Waals surface area contributed by atoms with Gasteiger partial charge in [0.2, 0.25) is 0 Å². The van der Waals surface area contributed by atoms with Gasteiger partial charge in [-0.1, -0.05) is 12.1 Å². The van der Waals surface area contributed by atoms with Gasteiger partial charge in [-0.2, -0.15) is 0 Å². The fraction of sp³-hybridized carbons (Fsp3) is 0.381. The maximum Gasteiger partial charge on any atom is 0.319 e. The largest absolute Gasteiger partial charge is 0.336 e. The maximum absolute atomic E-state index is 13.0. The highest BCUT2D eigenvalue weighted by Crippen LogP contribution is 2.19. The number of carbonyl (C=O) groups is 2. The van der Waals surface area contributed by atoms with Crippen LogP contribution < -0.4 is 10.6 Å². The molecular formula is C21H27N5O2. The summed E-state index contributed by atoms with van der Waals surface area (Å²) in [6.07, 6.45) is 3.60. The van der Waals surface area contributed by atoms with Gasteiger partial charge in [0.05, 0.1) is 11.3 Å². The lowest BCUT2D eigenvalue weighted by Gasteiger charge is -2.35. The Bertz CT molecular complexity index is 801. The third-order valence-corrected chi connectivity index (χ3v) is 4.64. The average Bonchev–Trinajstić information content (AvgIpc) is 2.69. The number of urea groups is 1. The fourth-order valence-corrected chi connectivity index (χ4v) is 3.23. The first-order valence-electron chi connectivity index (χ1n) is 9.60. The molecule has 148 valence electrons. The number of piperazine rings is 1. The van der Waals surface area contributed by atoms with Crippen molar-refractivity contribution in [1.29, 1.82) is 0 Å². The lowest BCUT2D eigenvalue weighted by molar-refractivity contribution is 0.0629. The highest BCUT2D eigenvalue weighted by molar-refractivity contribution is 6.03. The van der Waals surface area contributed by atoms with Gasteiger partial charge in [0.15, 0.2) is 0 Å². The molecule has 0 radical (unpaired) electrons. The summed E-state index contributed by atoms with van der Waals surface area (Å²) in [6.45, 7) is 7.60. The first kappa shape index (κ1) is 19.8. The first-order chi connectivity index (χ1) is 13.5. The van der Waals surface area contributed by atoms with E-state index in [9.17, 15) is 9.59 Å². The molecule has 0 bridgehead atoms. The third kappa shape index (κ3) is 5.29. The van der Waals surface area contributed by atoms with Crippen LogP contribution in [0.5, 0.6) is 0 Å². The van der Waals surface area contributed by atoms with Crippen LogP contribution >= 0.6 is 0 Å². The molecule has 1 saturated heterocycles.